The molecular formula is C13H17Cl2N3. The van der Waals surface area contributed by atoms with Crippen molar-refractivity contribution < 1.29 is 0 Å². The Hall–Kier alpha value is -0.350. The Morgan fingerprint density at radius 1 is 1.28 bits per heavy atom. The SMILES string of the molecule is Clc1cc(Cl)c(CN2CCN3CCCC3C2)cn1. The first-order chi connectivity index (χ1) is 8.72. The van der Waals surface area contributed by atoms with Crippen molar-refractivity contribution in [3.05, 3.63) is 28.0 Å². The molecule has 0 bridgehead atoms. The summed E-state index contributed by atoms with van der Waals surface area (Å²) in [5, 5.41) is 1.19. The Bertz CT molecular complexity index is 438. The molecule has 5 heteroatoms. The lowest BCUT2D eigenvalue weighted by Gasteiger charge is -2.37. The number of nitrogens with zero attached hydrogens (tertiary/aromatic N) is 3. The molecule has 98 valence electrons. The lowest BCUT2D eigenvalue weighted by Crippen LogP contribution is -2.49. The molecule has 0 N–H and O–H groups in total. The van der Waals surface area contributed by atoms with Crippen LogP contribution in [0.2, 0.25) is 10.2 Å². The van der Waals surface area contributed by atoms with E-state index in [2.05, 4.69) is 14.8 Å². The van der Waals surface area contributed by atoms with E-state index in [9.17, 15) is 0 Å². The Labute approximate surface area is 118 Å². The van der Waals surface area contributed by atoms with E-state index >= 15 is 0 Å². The van der Waals surface area contributed by atoms with Gasteiger partial charge in [-0.25, -0.2) is 4.98 Å². The molecule has 1 atom stereocenters. The van der Waals surface area contributed by atoms with Crippen LogP contribution in [0.15, 0.2) is 12.3 Å². The first-order valence-electron chi connectivity index (χ1n) is 6.49. The minimum Gasteiger partial charge on any atom is -0.298 e. The lowest BCUT2D eigenvalue weighted by molar-refractivity contribution is 0.0993. The van der Waals surface area contributed by atoms with Crippen molar-refractivity contribution in [1.29, 1.82) is 0 Å². The van der Waals surface area contributed by atoms with Gasteiger partial charge < -0.3 is 0 Å². The normalized spacial score (nSPS) is 25.3. The first kappa shape index (κ1) is 12.7. The van der Waals surface area contributed by atoms with Gasteiger partial charge in [0.2, 0.25) is 0 Å². The summed E-state index contributed by atoms with van der Waals surface area (Å²) >= 11 is 12.0. The summed E-state index contributed by atoms with van der Waals surface area (Å²) in [6.45, 7) is 5.62. The van der Waals surface area contributed by atoms with Crippen molar-refractivity contribution in [2.45, 2.75) is 25.4 Å². The Morgan fingerprint density at radius 2 is 2.17 bits per heavy atom. The highest BCUT2D eigenvalue weighted by molar-refractivity contribution is 6.34. The Kier molecular flexibility index (Phi) is 3.76. The lowest BCUT2D eigenvalue weighted by atomic mass is 10.1. The van der Waals surface area contributed by atoms with E-state index in [1.165, 1.54) is 25.9 Å². The zero-order valence-corrected chi connectivity index (χ0v) is 11.8. The second-order valence-electron chi connectivity index (χ2n) is 5.17. The van der Waals surface area contributed by atoms with E-state index < -0.39 is 0 Å². The Morgan fingerprint density at radius 3 is 3.00 bits per heavy atom. The van der Waals surface area contributed by atoms with E-state index in [1.54, 1.807) is 12.3 Å². The number of piperazine rings is 1. The van der Waals surface area contributed by atoms with E-state index in [0.717, 1.165) is 36.3 Å². The van der Waals surface area contributed by atoms with Crippen molar-refractivity contribution in [3.8, 4) is 0 Å². The molecule has 0 amide bonds. The maximum Gasteiger partial charge on any atom is 0.130 e. The largest absolute Gasteiger partial charge is 0.298 e. The van der Waals surface area contributed by atoms with Crippen LogP contribution in [0.5, 0.6) is 0 Å². The average Bonchev–Trinajstić information content (AvgIpc) is 2.80. The monoisotopic (exact) mass is 285 g/mol. The molecule has 18 heavy (non-hydrogen) atoms. The molecule has 1 aromatic heterocycles. The van der Waals surface area contributed by atoms with Gasteiger partial charge in [0, 0.05) is 49.0 Å². The van der Waals surface area contributed by atoms with Crippen molar-refractivity contribution >= 4 is 23.2 Å². The van der Waals surface area contributed by atoms with Gasteiger partial charge in [-0.15, -0.1) is 0 Å². The molecule has 0 saturated carbocycles. The molecular weight excluding hydrogens is 269 g/mol. The van der Waals surface area contributed by atoms with Crippen LogP contribution in [0.3, 0.4) is 0 Å². The van der Waals surface area contributed by atoms with Crippen LogP contribution in [0.4, 0.5) is 0 Å². The van der Waals surface area contributed by atoms with Crippen molar-refractivity contribution in [1.82, 2.24) is 14.8 Å². The summed E-state index contributed by atoms with van der Waals surface area (Å²) in [5.41, 5.74) is 1.08. The summed E-state index contributed by atoms with van der Waals surface area (Å²) < 4.78 is 0. The summed E-state index contributed by atoms with van der Waals surface area (Å²) in [7, 11) is 0. The van der Waals surface area contributed by atoms with Gasteiger partial charge in [-0.3, -0.25) is 9.80 Å². The number of aromatic nitrogens is 1. The van der Waals surface area contributed by atoms with Gasteiger partial charge in [0.1, 0.15) is 5.15 Å². The maximum atomic E-state index is 6.20. The molecule has 3 heterocycles. The summed E-state index contributed by atoms with van der Waals surface area (Å²) in [6, 6.07) is 2.47. The molecule has 0 spiro atoms. The van der Waals surface area contributed by atoms with E-state index in [-0.39, 0.29) is 0 Å². The number of rotatable bonds is 2. The second-order valence-corrected chi connectivity index (χ2v) is 5.96. The molecule has 3 rings (SSSR count). The molecule has 0 radical (unpaired) electrons. The van der Waals surface area contributed by atoms with Gasteiger partial charge in [-0.1, -0.05) is 23.2 Å². The molecule has 2 aliphatic rings. The van der Waals surface area contributed by atoms with Gasteiger partial charge in [0.25, 0.3) is 0 Å². The van der Waals surface area contributed by atoms with Gasteiger partial charge in [-0.2, -0.15) is 0 Å². The minimum absolute atomic E-state index is 0.462. The fourth-order valence-corrected chi connectivity index (χ4v) is 3.42. The van der Waals surface area contributed by atoms with Crippen LogP contribution < -0.4 is 0 Å². The van der Waals surface area contributed by atoms with Crippen LogP contribution in [-0.4, -0.2) is 47.0 Å². The molecule has 1 aromatic rings. The van der Waals surface area contributed by atoms with Crippen LogP contribution in [0, 0.1) is 0 Å². The van der Waals surface area contributed by atoms with Crippen LogP contribution in [-0.2, 0) is 6.54 Å². The highest BCUT2D eigenvalue weighted by Gasteiger charge is 2.30. The van der Waals surface area contributed by atoms with E-state index in [1.807, 2.05) is 0 Å². The molecule has 2 fully saturated rings. The minimum atomic E-state index is 0.462. The highest BCUT2D eigenvalue weighted by atomic mass is 35.5. The fraction of sp³-hybridized carbons (Fsp3) is 0.615. The fourth-order valence-electron chi connectivity index (χ4n) is 2.99. The smallest absolute Gasteiger partial charge is 0.130 e. The quantitative estimate of drug-likeness (QED) is 0.779. The molecule has 3 nitrogen and oxygen atoms in total. The third-order valence-electron chi connectivity index (χ3n) is 3.96. The first-order valence-corrected chi connectivity index (χ1v) is 7.24. The van der Waals surface area contributed by atoms with Gasteiger partial charge in [0.05, 0.1) is 0 Å². The van der Waals surface area contributed by atoms with Gasteiger partial charge in [-0.05, 0) is 25.5 Å². The van der Waals surface area contributed by atoms with Crippen molar-refractivity contribution in [2.75, 3.05) is 26.2 Å². The summed E-state index contributed by atoms with van der Waals surface area (Å²) in [6.07, 6.45) is 4.48. The topological polar surface area (TPSA) is 19.4 Å². The molecule has 0 aromatic carbocycles. The second kappa shape index (κ2) is 5.33. The van der Waals surface area contributed by atoms with Crippen LogP contribution in [0.25, 0.3) is 0 Å². The predicted octanol–water partition coefficient (Wildman–Crippen LogP) is 2.67. The van der Waals surface area contributed by atoms with Crippen LogP contribution >= 0.6 is 23.2 Å². The third kappa shape index (κ3) is 2.64. The van der Waals surface area contributed by atoms with E-state index in [4.69, 9.17) is 23.2 Å². The van der Waals surface area contributed by atoms with Gasteiger partial charge in [0.15, 0.2) is 0 Å². The van der Waals surface area contributed by atoms with Crippen molar-refractivity contribution in [2.24, 2.45) is 0 Å². The number of halogens is 2. The zero-order chi connectivity index (χ0) is 12.5. The van der Waals surface area contributed by atoms with Gasteiger partial charge >= 0.3 is 0 Å². The number of hydrogen-bond acceptors (Lipinski definition) is 3. The standard InChI is InChI=1S/C13H17Cl2N3/c14-12-6-13(15)16-7-10(12)8-17-4-5-18-3-1-2-11(18)9-17/h6-7,11H,1-5,8-9H2. The molecule has 0 aliphatic carbocycles. The predicted molar refractivity (Wildman–Crippen MR) is 74.1 cm³/mol. The van der Waals surface area contributed by atoms with Crippen molar-refractivity contribution in [3.63, 3.8) is 0 Å². The Balaban J connectivity index is 1.66. The number of fused-ring (bicyclic) bond motifs is 1. The third-order valence-corrected chi connectivity index (χ3v) is 4.52. The molecule has 2 aliphatic heterocycles. The number of pyridine rings is 1. The molecule has 1 unspecified atom stereocenters. The molecule has 2 saturated heterocycles. The number of hydrogen-bond donors (Lipinski definition) is 0. The van der Waals surface area contributed by atoms with Crippen LogP contribution in [0.1, 0.15) is 18.4 Å². The summed E-state index contributed by atoms with van der Waals surface area (Å²) in [4.78, 5) is 9.20. The maximum absolute atomic E-state index is 6.20. The zero-order valence-electron chi connectivity index (χ0n) is 10.3. The average molecular weight is 286 g/mol. The highest BCUT2D eigenvalue weighted by Crippen LogP contribution is 2.25. The van der Waals surface area contributed by atoms with E-state index in [0.29, 0.717) is 5.15 Å². The summed E-state index contributed by atoms with van der Waals surface area (Å²) in [5.74, 6) is 0.